The van der Waals surface area contributed by atoms with Crippen LogP contribution in [0.1, 0.15) is 16.4 Å². The molecule has 18 heavy (non-hydrogen) atoms. The van der Waals surface area contributed by atoms with Crippen molar-refractivity contribution in [2.24, 2.45) is 0 Å². The van der Waals surface area contributed by atoms with E-state index < -0.39 is 0 Å². The molecule has 0 aliphatic carbocycles. The van der Waals surface area contributed by atoms with Crippen LogP contribution in [-0.2, 0) is 6.42 Å². The second kappa shape index (κ2) is 5.82. The monoisotopic (exact) mass is 263 g/mol. The Morgan fingerprint density at radius 3 is 2.89 bits per heavy atom. The SMILES string of the molecule is COc1cnc(C)cc1NCCc1csc(C)n1. The molecule has 0 bridgehead atoms. The van der Waals surface area contributed by atoms with Crippen LogP contribution in [0.3, 0.4) is 0 Å². The van der Waals surface area contributed by atoms with E-state index in [0.717, 1.165) is 40.8 Å². The summed E-state index contributed by atoms with van der Waals surface area (Å²) in [5, 5.41) is 6.58. The van der Waals surface area contributed by atoms with E-state index in [-0.39, 0.29) is 0 Å². The first-order valence-electron chi connectivity index (χ1n) is 5.84. The highest BCUT2D eigenvalue weighted by molar-refractivity contribution is 7.09. The molecule has 0 fully saturated rings. The Hall–Kier alpha value is -1.62. The van der Waals surface area contributed by atoms with E-state index in [1.54, 1.807) is 24.6 Å². The number of rotatable bonds is 5. The Kier molecular flexibility index (Phi) is 4.15. The summed E-state index contributed by atoms with van der Waals surface area (Å²) in [7, 11) is 1.65. The molecule has 0 atom stereocenters. The maximum absolute atomic E-state index is 5.27. The Morgan fingerprint density at radius 2 is 2.22 bits per heavy atom. The molecular formula is C13H17N3OS. The van der Waals surface area contributed by atoms with Gasteiger partial charge in [-0.25, -0.2) is 4.98 Å². The number of nitrogens with zero attached hydrogens (tertiary/aromatic N) is 2. The highest BCUT2D eigenvalue weighted by Crippen LogP contribution is 2.23. The van der Waals surface area contributed by atoms with Gasteiger partial charge in [-0.1, -0.05) is 0 Å². The third-order valence-electron chi connectivity index (χ3n) is 2.59. The molecule has 2 heterocycles. The molecule has 0 aromatic carbocycles. The summed E-state index contributed by atoms with van der Waals surface area (Å²) in [6.07, 6.45) is 2.65. The normalized spacial score (nSPS) is 10.4. The van der Waals surface area contributed by atoms with Crippen molar-refractivity contribution < 1.29 is 4.74 Å². The lowest BCUT2D eigenvalue weighted by molar-refractivity contribution is 0.414. The van der Waals surface area contributed by atoms with Gasteiger partial charge in [0.05, 0.1) is 29.7 Å². The minimum absolute atomic E-state index is 0.773. The van der Waals surface area contributed by atoms with Gasteiger partial charge in [0.1, 0.15) is 0 Å². The largest absolute Gasteiger partial charge is 0.493 e. The number of pyridine rings is 1. The van der Waals surface area contributed by atoms with Gasteiger partial charge in [-0.05, 0) is 19.9 Å². The predicted octanol–water partition coefficient (Wildman–Crippen LogP) is 2.82. The van der Waals surface area contributed by atoms with Crippen molar-refractivity contribution in [1.29, 1.82) is 0 Å². The Bertz CT molecular complexity index is 525. The first-order chi connectivity index (χ1) is 8.69. The zero-order valence-electron chi connectivity index (χ0n) is 10.9. The zero-order chi connectivity index (χ0) is 13.0. The smallest absolute Gasteiger partial charge is 0.160 e. The fraction of sp³-hybridized carbons (Fsp3) is 0.385. The number of thiazole rings is 1. The van der Waals surface area contributed by atoms with E-state index in [1.807, 2.05) is 19.9 Å². The molecule has 4 nitrogen and oxygen atoms in total. The van der Waals surface area contributed by atoms with Crippen LogP contribution >= 0.6 is 11.3 Å². The fourth-order valence-corrected chi connectivity index (χ4v) is 2.34. The van der Waals surface area contributed by atoms with Gasteiger partial charge in [0.2, 0.25) is 0 Å². The molecule has 0 amide bonds. The van der Waals surface area contributed by atoms with Crippen LogP contribution in [0.25, 0.3) is 0 Å². The molecule has 0 aliphatic heterocycles. The Labute approximate surface area is 111 Å². The average Bonchev–Trinajstić information content (AvgIpc) is 2.75. The van der Waals surface area contributed by atoms with Gasteiger partial charge >= 0.3 is 0 Å². The molecule has 2 aromatic heterocycles. The Balaban J connectivity index is 1.95. The van der Waals surface area contributed by atoms with E-state index in [4.69, 9.17) is 4.74 Å². The number of ether oxygens (including phenoxy) is 1. The van der Waals surface area contributed by atoms with Crippen molar-refractivity contribution in [3.63, 3.8) is 0 Å². The minimum Gasteiger partial charge on any atom is -0.493 e. The van der Waals surface area contributed by atoms with Crippen molar-refractivity contribution in [3.8, 4) is 5.75 Å². The summed E-state index contributed by atoms with van der Waals surface area (Å²) in [6.45, 7) is 4.83. The Morgan fingerprint density at radius 1 is 1.39 bits per heavy atom. The van der Waals surface area contributed by atoms with Gasteiger partial charge in [0, 0.05) is 24.0 Å². The fourth-order valence-electron chi connectivity index (χ4n) is 1.70. The van der Waals surface area contributed by atoms with E-state index in [1.165, 1.54) is 0 Å². The summed E-state index contributed by atoms with van der Waals surface area (Å²) in [5.74, 6) is 0.773. The summed E-state index contributed by atoms with van der Waals surface area (Å²) in [5.41, 5.74) is 3.09. The van der Waals surface area contributed by atoms with Crippen molar-refractivity contribution in [2.75, 3.05) is 19.0 Å². The third-order valence-corrected chi connectivity index (χ3v) is 3.41. The van der Waals surface area contributed by atoms with E-state index >= 15 is 0 Å². The number of hydrogen-bond donors (Lipinski definition) is 1. The maximum Gasteiger partial charge on any atom is 0.160 e. The summed E-state index contributed by atoms with van der Waals surface area (Å²) in [6, 6.07) is 1.99. The number of aromatic nitrogens is 2. The molecule has 0 aliphatic rings. The third kappa shape index (κ3) is 3.20. The van der Waals surface area contributed by atoms with Gasteiger partial charge in [-0.2, -0.15) is 0 Å². The number of aryl methyl sites for hydroxylation is 2. The number of nitrogens with one attached hydrogen (secondary N) is 1. The van der Waals surface area contributed by atoms with Crippen LogP contribution in [-0.4, -0.2) is 23.6 Å². The molecule has 0 saturated carbocycles. The van der Waals surface area contributed by atoms with Crippen molar-refractivity contribution >= 4 is 17.0 Å². The summed E-state index contributed by atoms with van der Waals surface area (Å²) >= 11 is 1.69. The second-order valence-electron chi connectivity index (χ2n) is 4.06. The second-order valence-corrected chi connectivity index (χ2v) is 5.12. The lowest BCUT2D eigenvalue weighted by Gasteiger charge is -2.10. The minimum atomic E-state index is 0.773. The number of methoxy groups -OCH3 is 1. The highest BCUT2D eigenvalue weighted by atomic mass is 32.1. The van der Waals surface area contributed by atoms with Gasteiger partial charge < -0.3 is 10.1 Å². The van der Waals surface area contributed by atoms with Crippen LogP contribution in [0.4, 0.5) is 5.69 Å². The predicted molar refractivity (Wildman–Crippen MR) is 74.6 cm³/mol. The van der Waals surface area contributed by atoms with Crippen LogP contribution in [0.15, 0.2) is 17.6 Å². The van der Waals surface area contributed by atoms with E-state index in [0.29, 0.717) is 0 Å². The van der Waals surface area contributed by atoms with Crippen LogP contribution in [0.5, 0.6) is 5.75 Å². The van der Waals surface area contributed by atoms with Crippen molar-refractivity contribution in [3.05, 3.63) is 34.0 Å². The molecule has 96 valence electrons. The molecule has 0 unspecified atom stereocenters. The van der Waals surface area contributed by atoms with Crippen molar-refractivity contribution in [1.82, 2.24) is 9.97 Å². The summed E-state index contributed by atoms with van der Waals surface area (Å²) in [4.78, 5) is 8.64. The molecule has 2 aromatic rings. The number of anilines is 1. The van der Waals surface area contributed by atoms with Crippen LogP contribution in [0, 0.1) is 13.8 Å². The lowest BCUT2D eigenvalue weighted by atomic mass is 10.3. The molecule has 0 spiro atoms. The summed E-state index contributed by atoms with van der Waals surface area (Å²) < 4.78 is 5.27. The molecular weight excluding hydrogens is 246 g/mol. The molecule has 5 heteroatoms. The topological polar surface area (TPSA) is 47.0 Å². The first kappa shape index (κ1) is 12.8. The maximum atomic E-state index is 5.27. The quantitative estimate of drug-likeness (QED) is 0.901. The van der Waals surface area contributed by atoms with Crippen LogP contribution in [0.2, 0.25) is 0 Å². The van der Waals surface area contributed by atoms with Gasteiger partial charge in [0.15, 0.2) is 5.75 Å². The van der Waals surface area contributed by atoms with Crippen molar-refractivity contribution in [2.45, 2.75) is 20.3 Å². The van der Waals surface area contributed by atoms with E-state index in [9.17, 15) is 0 Å². The average molecular weight is 263 g/mol. The standard InChI is InChI=1S/C13H17N3OS/c1-9-6-12(13(17-3)7-15-9)14-5-4-11-8-18-10(2)16-11/h6-8H,4-5H2,1-3H3,(H,14,15). The van der Waals surface area contributed by atoms with Crippen LogP contribution < -0.4 is 10.1 Å². The van der Waals surface area contributed by atoms with E-state index in [2.05, 4.69) is 20.7 Å². The molecule has 0 saturated heterocycles. The van der Waals surface area contributed by atoms with Gasteiger partial charge in [-0.15, -0.1) is 11.3 Å². The lowest BCUT2D eigenvalue weighted by Crippen LogP contribution is -2.07. The van der Waals surface area contributed by atoms with Gasteiger partial charge in [0.25, 0.3) is 0 Å². The highest BCUT2D eigenvalue weighted by Gasteiger charge is 2.04. The molecule has 0 radical (unpaired) electrons. The number of hydrogen-bond acceptors (Lipinski definition) is 5. The first-order valence-corrected chi connectivity index (χ1v) is 6.72. The molecule has 1 N–H and O–H groups in total. The van der Waals surface area contributed by atoms with Gasteiger partial charge in [-0.3, -0.25) is 4.98 Å². The zero-order valence-corrected chi connectivity index (χ0v) is 11.7. The molecule has 2 rings (SSSR count).